The molecule has 2 aromatic rings. The normalized spacial score (nSPS) is 10.8. The average molecular weight is 269 g/mol. The van der Waals surface area contributed by atoms with Crippen molar-refractivity contribution in [1.29, 1.82) is 0 Å². The van der Waals surface area contributed by atoms with Crippen molar-refractivity contribution in [2.45, 2.75) is 33.2 Å². The van der Waals surface area contributed by atoms with Crippen LogP contribution in [0.25, 0.3) is 0 Å². The number of rotatable bonds is 4. The highest BCUT2D eigenvalue weighted by atomic mass is 35.5. The van der Waals surface area contributed by atoms with Gasteiger partial charge in [0, 0.05) is 18.9 Å². The minimum Gasteiger partial charge on any atom is -0.337 e. The SMILES string of the molecule is CCc1noc(Cn2c(CC)nc(Cl)cc2=O)n1. The van der Waals surface area contributed by atoms with E-state index in [1.165, 1.54) is 10.6 Å². The van der Waals surface area contributed by atoms with Gasteiger partial charge < -0.3 is 4.52 Å². The summed E-state index contributed by atoms with van der Waals surface area (Å²) in [5, 5.41) is 3.99. The van der Waals surface area contributed by atoms with Crippen molar-refractivity contribution in [3.05, 3.63) is 39.1 Å². The Morgan fingerprint density at radius 2 is 2.11 bits per heavy atom. The Bertz CT molecular complexity index is 605. The molecular weight excluding hydrogens is 256 g/mol. The molecule has 0 amide bonds. The van der Waals surface area contributed by atoms with Crippen LogP contribution in [-0.2, 0) is 19.4 Å². The van der Waals surface area contributed by atoms with E-state index in [-0.39, 0.29) is 17.3 Å². The van der Waals surface area contributed by atoms with Gasteiger partial charge in [0.15, 0.2) is 5.82 Å². The maximum Gasteiger partial charge on any atom is 0.255 e. The zero-order valence-electron chi connectivity index (χ0n) is 10.2. The van der Waals surface area contributed by atoms with Crippen LogP contribution in [0.2, 0.25) is 5.15 Å². The van der Waals surface area contributed by atoms with Crippen molar-refractivity contribution in [2.24, 2.45) is 0 Å². The van der Waals surface area contributed by atoms with Crippen LogP contribution in [0, 0.1) is 0 Å². The molecule has 0 atom stereocenters. The lowest BCUT2D eigenvalue weighted by Gasteiger charge is -2.07. The van der Waals surface area contributed by atoms with Gasteiger partial charge in [-0.15, -0.1) is 0 Å². The van der Waals surface area contributed by atoms with E-state index in [1.807, 2.05) is 13.8 Å². The van der Waals surface area contributed by atoms with Crippen LogP contribution in [0.5, 0.6) is 0 Å². The molecular formula is C11H13ClN4O2. The second-order valence-electron chi connectivity index (χ2n) is 3.73. The molecule has 2 aromatic heterocycles. The fourth-order valence-corrected chi connectivity index (χ4v) is 1.79. The molecule has 0 unspecified atom stereocenters. The molecule has 0 radical (unpaired) electrons. The fourth-order valence-electron chi connectivity index (χ4n) is 1.60. The molecule has 0 aromatic carbocycles. The van der Waals surface area contributed by atoms with Crippen LogP contribution < -0.4 is 5.56 Å². The van der Waals surface area contributed by atoms with Crippen LogP contribution in [0.15, 0.2) is 15.4 Å². The summed E-state index contributed by atoms with van der Waals surface area (Å²) in [5.41, 5.74) is -0.219. The van der Waals surface area contributed by atoms with Crippen LogP contribution >= 0.6 is 11.6 Å². The van der Waals surface area contributed by atoms with Crippen LogP contribution in [0.3, 0.4) is 0 Å². The van der Waals surface area contributed by atoms with E-state index in [0.29, 0.717) is 30.4 Å². The minimum absolute atomic E-state index is 0.202. The van der Waals surface area contributed by atoms with Gasteiger partial charge in [0.2, 0.25) is 5.89 Å². The molecule has 0 saturated carbocycles. The predicted octanol–water partition coefficient (Wildman–Crippen LogP) is 1.45. The van der Waals surface area contributed by atoms with Gasteiger partial charge in [0.05, 0.1) is 0 Å². The molecule has 0 fully saturated rings. The van der Waals surface area contributed by atoms with Crippen molar-refractivity contribution in [3.8, 4) is 0 Å². The Morgan fingerprint density at radius 3 is 2.72 bits per heavy atom. The fraction of sp³-hybridized carbons (Fsp3) is 0.455. The van der Waals surface area contributed by atoms with E-state index in [1.54, 1.807) is 0 Å². The van der Waals surface area contributed by atoms with Gasteiger partial charge in [-0.2, -0.15) is 4.98 Å². The third kappa shape index (κ3) is 2.59. The first-order valence-electron chi connectivity index (χ1n) is 5.71. The largest absolute Gasteiger partial charge is 0.337 e. The van der Waals surface area contributed by atoms with E-state index in [0.717, 1.165) is 0 Å². The highest BCUT2D eigenvalue weighted by molar-refractivity contribution is 6.29. The third-order valence-corrected chi connectivity index (χ3v) is 2.69. The quantitative estimate of drug-likeness (QED) is 0.785. The van der Waals surface area contributed by atoms with E-state index in [4.69, 9.17) is 16.1 Å². The summed E-state index contributed by atoms with van der Waals surface area (Å²) in [6.07, 6.45) is 1.29. The van der Waals surface area contributed by atoms with E-state index in [2.05, 4.69) is 15.1 Å². The number of hydrogen-bond acceptors (Lipinski definition) is 5. The zero-order valence-corrected chi connectivity index (χ0v) is 10.9. The molecule has 0 aliphatic carbocycles. The molecule has 0 aliphatic rings. The summed E-state index contributed by atoms with van der Waals surface area (Å²) in [6.45, 7) is 4.06. The van der Waals surface area contributed by atoms with Gasteiger partial charge in [-0.1, -0.05) is 30.6 Å². The Labute approximate surface area is 109 Å². The van der Waals surface area contributed by atoms with Crippen LogP contribution in [-0.4, -0.2) is 19.7 Å². The van der Waals surface area contributed by atoms with Crippen LogP contribution in [0.4, 0.5) is 0 Å². The van der Waals surface area contributed by atoms with E-state index >= 15 is 0 Å². The highest BCUT2D eigenvalue weighted by Crippen LogP contribution is 2.06. The van der Waals surface area contributed by atoms with Gasteiger partial charge in [-0.25, -0.2) is 4.98 Å². The molecule has 2 heterocycles. The summed E-state index contributed by atoms with van der Waals surface area (Å²) in [6, 6.07) is 1.28. The van der Waals surface area contributed by atoms with Gasteiger partial charge in [0.1, 0.15) is 17.5 Å². The summed E-state index contributed by atoms with van der Waals surface area (Å²) in [5.74, 6) is 1.62. The number of hydrogen-bond donors (Lipinski definition) is 0. The predicted molar refractivity (Wildman–Crippen MR) is 65.7 cm³/mol. The smallest absolute Gasteiger partial charge is 0.255 e. The maximum absolute atomic E-state index is 11.8. The Balaban J connectivity index is 2.36. The first-order chi connectivity index (χ1) is 8.63. The van der Waals surface area contributed by atoms with Crippen LogP contribution in [0.1, 0.15) is 31.4 Å². The Hall–Kier alpha value is -1.69. The number of nitrogens with zero attached hydrogens (tertiary/aromatic N) is 4. The molecule has 0 aliphatic heterocycles. The highest BCUT2D eigenvalue weighted by Gasteiger charge is 2.11. The first-order valence-corrected chi connectivity index (χ1v) is 6.09. The lowest BCUT2D eigenvalue weighted by Crippen LogP contribution is -2.24. The minimum atomic E-state index is -0.219. The van der Waals surface area contributed by atoms with Gasteiger partial charge in [0.25, 0.3) is 5.56 Å². The lowest BCUT2D eigenvalue weighted by atomic mass is 10.4. The molecule has 0 saturated heterocycles. The van der Waals surface area contributed by atoms with Crippen molar-refractivity contribution in [3.63, 3.8) is 0 Å². The molecule has 18 heavy (non-hydrogen) atoms. The maximum atomic E-state index is 11.8. The standard InChI is InChI=1S/C11H13ClN4O2/c1-3-8-14-10(18-15-8)6-16-9(4-2)13-7(12)5-11(16)17/h5H,3-4,6H2,1-2H3. The van der Waals surface area contributed by atoms with Crippen molar-refractivity contribution >= 4 is 11.6 Å². The van der Waals surface area contributed by atoms with E-state index in [9.17, 15) is 4.79 Å². The van der Waals surface area contributed by atoms with Crippen molar-refractivity contribution < 1.29 is 4.52 Å². The number of aryl methyl sites for hydroxylation is 2. The molecule has 0 bridgehead atoms. The second-order valence-corrected chi connectivity index (χ2v) is 4.12. The molecule has 0 N–H and O–H groups in total. The van der Waals surface area contributed by atoms with Crippen molar-refractivity contribution in [2.75, 3.05) is 0 Å². The van der Waals surface area contributed by atoms with Gasteiger partial charge >= 0.3 is 0 Å². The molecule has 0 spiro atoms. The number of halogens is 1. The summed E-state index contributed by atoms with van der Waals surface area (Å²) in [4.78, 5) is 20.1. The topological polar surface area (TPSA) is 73.8 Å². The summed E-state index contributed by atoms with van der Waals surface area (Å²) < 4.78 is 6.55. The van der Waals surface area contributed by atoms with Crippen molar-refractivity contribution in [1.82, 2.24) is 19.7 Å². The third-order valence-electron chi connectivity index (χ3n) is 2.49. The monoisotopic (exact) mass is 268 g/mol. The molecule has 6 nitrogen and oxygen atoms in total. The van der Waals surface area contributed by atoms with E-state index < -0.39 is 0 Å². The van der Waals surface area contributed by atoms with Gasteiger partial charge in [-0.05, 0) is 0 Å². The molecule has 2 rings (SSSR count). The first kappa shape index (κ1) is 12.8. The Morgan fingerprint density at radius 1 is 1.33 bits per heavy atom. The number of aromatic nitrogens is 4. The summed E-state index contributed by atoms with van der Waals surface area (Å²) >= 11 is 5.75. The molecule has 96 valence electrons. The lowest BCUT2D eigenvalue weighted by molar-refractivity contribution is 0.362. The molecule has 7 heteroatoms. The Kier molecular flexibility index (Phi) is 3.76. The summed E-state index contributed by atoms with van der Waals surface area (Å²) in [7, 11) is 0. The zero-order chi connectivity index (χ0) is 13.1. The average Bonchev–Trinajstić information content (AvgIpc) is 2.80. The second kappa shape index (κ2) is 5.30. The van der Waals surface area contributed by atoms with Gasteiger partial charge in [-0.3, -0.25) is 9.36 Å².